The largest absolute Gasteiger partial charge is 0.486 e. The summed E-state index contributed by atoms with van der Waals surface area (Å²) in [6, 6.07) is 12.9. The fourth-order valence-electron chi connectivity index (χ4n) is 2.09. The lowest BCUT2D eigenvalue weighted by atomic mass is 10.1. The third kappa shape index (κ3) is 4.83. The lowest BCUT2D eigenvalue weighted by Crippen LogP contribution is -2.17. The zero-order chi connectivity index (χ0) is 15.1. The van der Waals surface area contributed by atoms with Gasteiger partial charge < -0.3 is 10.1 Å². The summed E-state index contributed by atoms with van der Waals surface area (Å²) in [5.74, 6) is -0.0748. The van der Waals surface area contributed by atoms with E-state index in [-0.39, 0.29) is 11.6 Å². The highest BCUT2D eigenvalue weighted by Crippen LogP contribution is 2.23. The zero-order valence-corrected chi connectivity index (χ0v) is 13.6. The molecule has 0 heterocycles. The normalized spacial score (nSPS) is 10.6. The van der Waals surface area contributed by atoms with E-state index in [2.05, 4.69) is 34.2 Å². The van der Waals surface area contributed by atoms with E-state index in [4.69, 9.17) is 4.74 Å². The summed E-state index contributed by atoms with van der Waals surface area (Å²) in [5.41, 5.74) is 2.33. The van der Waals surface area contributed by atoms with Crippen LogP contribution >= 0.6 is 15.9 Å². The number of hydrogen-bond donors (Lipinski definition) is 1. The summed E-state index contributed by atoms with van der Waals surface area (Å²) in [5, 5.41) is 3.31. The van der Waals surface area contributed by atoms with Crippen molar-refractivity contribution >= 4 is 15.9 Å². The summed E-state index contributed by atoms with van der Waals surface area (Å²) in [6.45, 7) is 4.36. The van der Waals surface area contributed by atoms with Crippen LogP contribution in [0.15, 0.2) is 46.9 Å². The molecular formula is C17H19BrFNO. The first-order valence-corrected chi connectivity index (χ1v) is 7.85. The Hall–Kier alpha value is -1.39. The van der Waals surface area contributed by atoms with Crippen LogP contribution in [0, 0.1) is 5.82 Å². The molecule has 0 aliphatic heterocycles. The summed E-state index contributed by atoms with van der Waals surface area (Å²) in [4.78, 5) is 0. The predicted molar refractivity (Wildman–Crippen MR) is 87.1 cm³/mol. The number of ether oxygens (including phenoxy) is 1. The predicted octanol–water partition coefficient (Wildman–Crippen LogP) is 4.32. The minimum absolute atomic E-state index is 0.277. The average Bonchev–Trinajstić information content (AvgIpc) is 2.48. The molecular weight excluding hydrogens is 333 g/mol. The molecule has 0 aliphatic carbocycles. The fraction of sp³-hybridized carbons (Fsp3) is 0.294. The number of likely N-dealkylation sites (N-methyl/N-ethyl adjacent to an activating group) is 1. The van der Waals surface area contributed by atoms with Crippen molar-refractivity contribution in [3.63, 3.8) is 0 Å². The molecule has 2 aromatic rings. The summed E-state index contributed by atoms with van der Waals surface area (Å²) >= 11 is 3.24. The van der Waals surface area contributed by atoms with Gasteiger partial charge in [-0.15, -0.1) is 0 Å². The zero-order valence-electron chi connectivity index (χ0n) is 12.0. The van der Waals surface area contributed by atoms with Crippen LogP contribution in [-0.2, 0) is 13.0 Å². The van der Waals surface area contributed by atoms with Crippen molar-refractivity contribution in [1.82, 2.24) is 5.32 Å². The SMILES string of the molecule is CCNCCc1ccccc1COc1ccc(Br)cc1F. The van der Waals surface area contributed by atoms with E-state index < -0.39 is 0 Å². The maximum atomic E-state index is 13.7. The van der Waals surface area contributed by atoms with Crippen LogP contribution in [-0.4, -0.2) is 13.1 Å². The Morgan fingerprint density at radius 3 is 2.62 bits per heavy atom. The molecule has 0 unspecified atom stereocenters. The number of halogens is 2. The molecule has 21 heavy (non-hydrogen) atoms. The second-order valence-corrected chi connectivity index (χ2v) is 5.65. The van der Waals surface area contributed by atoms with Crippen LogP contribution in [0.1, 0.15) is 18.1 Å². The van der Waals surface area contributed by atoms with E-state index in [9.17, 15) is 4.39 Å². The molecule has 0 saturated heterocycles. The molecule has 0 aromatic heterocycles. The average molecular weight is 352 g/mol. The Kier molecular flexibility index (Phi) is 6.21. The second-order valence-electron chi connectivity index (χ2n) is 4.74. The molecule has 2 rings (SSSR count). The van der Waals surface area contributed by atoms with E-state index in [0.29, 0.717) is 11.1 Å². The van der Waals surface area contributed by atoms with Crippen molar-refractivity contribution in [2.24, 2.45) is 0 Å². The number of nitrogens with one attached hydrogen (secondary N) is 1. The monoisotopic (exact) mass is 351 g/mol. The molecule has 1 N–H and O–H groups in total. The van der Waals surface area contributed by atoms with Crippen LogP contribution in [0.4, 0.5) is 4.39 Å². The second kappa shape index (κ2) is 8.15. The maximum absolute atomic E-state index is 13.7. The van der Waals surface area contributed by atoms with Gasteiger partial charge >= 0.3 is 0 Å². The first kappa shape index (κ1) is 16.0. The van der Waals surface area contributed by atoms with E-state index in [1.165, 1.54) is 11.6 Å². The molecule has 0 radical (unpaired) electrons. The fourth-order valence-corrected chi connectivity index (χ4v) is 2.42. The van der Waals surface area contributed by atoms with Gasteiger partial charge in [0, 0.05) is 4.47 Å². The molecule has 0 spiro atoms. The van der Waals surface area contributed by atoms with Crippen molar-refractivity contribution in [3.05, 3.63) is 63.9 Å². The maximum Gasteiger partial charge on any atom is 0.166 e. The Morgan fingerprint density at radius 1 is 1.14 bits per heavy atom. The van der Waals surface area contributed by atoms with Gasteiger partial charge in [0.05, 0.1) is 0 Å². The van der Waals surface area contributed by atoms with Gasteiger partial charge in [0.15, 0.2) is 11.6 Å². The quantitative estimate of drug-likeness (QED) is 0.750. The van der Waals surface area contributed by atoms with Gasteiger partial charge in [-0.25, -0.2) is 4.39 Å². The standard InChI is InChI=1S/C17H19BrFNO/c1-2-20-10-9-13-5-3-4-6-14(13)12-21-17-8-7-15(18)11-16(17)19/h3-8,11,20H,2,9-10,12H2,1H3. The molecule has 2 nitrogen and oxygen atoms in total. The summed E-state index contributed by atoms with van der Waals surface area (Å²) in [6.07, 6.45) is 0.941. The first-order chi connectivity index (χ1) is 10.2. The molecule has 0 bridgehead atoms. The van der Waals surface area contributed by atoms with E-state index >= 15 is 0 Å². The van der Waals surface area contributed by atoms with Crippen LogP contribution in [0.5, 0.6) is 5.75 Å². The van der Waals surface area contributed by atoms with Gasteiger partial charge in [-0.1, -0.05) is 47.1 Å². The Bertz CT molecular complexity index is 589. The highest BCUT2D eigenvalue weighted by molar-refractivity contribution is 9.10. The number of benzene rings is 2. The van der Waals surface area contributed by atoms with Gasteiger partial charge in [0.1, 0.15) is 6.61 Å². The molecule has 0 aliphatic rings. The molecule has 0 saturated carbocycles. The first-order valence-electron chi connectivity index (χ1n) is 7.06. The van der Waals surface area contributed by atoms with Crippen LogP contribution in [0.25, 0.3) is 0 Å². The Morgan fingerprint density at radius 2 is 1.90 bits per heavy atom. The summed E-state index contributed by atoms with van der Waals surface area (Å²) in [7, 11) is 0. The van der Waals surface area contributed by atoms with E-state index in [0.717, 1.165) is 25.1 Å². The lowest BCUT2D eigenvalue weighted by molar-refractivity contribution is 0.289. The van der Waals surface area contributed by atoms with Gasteiger partial charge in [0.25, 0.3) is 0 Å². The van der Waals surface area contributed by atoms with Gasteiger partial charge in [-0.3, -0.25) is 0 Å². The van der Waals surface area contributed by atoms with Crippen molar-refractivity contribution < 1.29 is 9.13 Å². The molecule has 0 fully saturated rings. The van der Waals surface area contributed by atoms with Crippen LogP contribution < -0.4 is 10.1 Å². The van der Waals surface area contributed by atoms with E-state index in [1.807, 2.05) is 18.2 Å². The smallest absolute Gasteiger partial charge is 0.166 e. The lowest BCUT2D eigenvalue weighted by Gasteiger charge is -2.12. The highest BCUT2D eigenvalue weighted by atomic mass is 79.9. The molecule has 4 heteroatoms. The highest BCUT2D eigenvalue weighted by Gasteiger charge is 2.06. The van der Waals surface area contributed by atoms with Crippen molar-refractivity contribution in [2.75, 3.05) is 13.1 Å². The minimum atomic E-state index is -0.352. The topological polar surface area (TPSA) is 21.3 Å². The van der Waals surface area contributed by atoms with Crippen molar-refractivity contribution in [2.45, 2.75) is 20.0 Å². The van der Waals surface area contributed by atoms with Gasteiger partial charge in [-0.2, -0.15) is 0 Å². The number of rotatable bonds is 7. The third-order valence-electron chi connectivity index (χ3n) is 3.22. The van der Waals surface area contributed by atoms with E-state index in [1.54, 1.807) is 12.1 Å². The molecule has 2 aromatic carbocycles. The Labute approximate surface area is 133 Å². The molecule has 0 amide bonds. The molecule has 112 valence electrons. The van der Waals surface area contributed by atoms with Crippen LogP contribution in [0.3, 0.4) is 0 Å². The number of hydrogen-bond acceptors (Lipinski definition) is 2. The van der Waals surface area contributed by atoms with Gasteiger partial charge in [-0.05, 0) is 48.8 Å². The summed E-state index contributed by atoms with van der Waals surface area (Å²) < 4.78 is 20.1. The minimum Gasteiger partial charge on any atom is -0.486 e. The van der Waals surface area contributed by atoms with Crippen molar-refractivity contribution in [1.29, 1.82) is 0 Å². The van der Waals surface area contributed by atoms with Crippen LogP contribution in [0.2, 0.25) is 0 Å². The molecule has 0 atom stereocenters. The Balaban J connectivity index is 2.02. The van der Waals surface area contributed by atoms with Gasteiger partial charge in [0.2, 0.25) is 0 Å². The third-order valence-corrected chi connectivity index (χ3v) is 3.71. The van der Waals surface area contributed by atoms with Crippen molar-refractivity contribution in [3.8, 4) is 5.75 Å².